The fourth-order valence-electron chi connectivity index (χ4n) is 1.13. The van der Waals surface area contributed by atoms with Gasteiger partial charge in [0.15, 0.2) is 0 Å². The molecule has 0 aromatic heterocycles. The lowest BCUT2D eigenvalue weighted by Crippen LogP contribution is -2.32. The van der Waals surface area contributed by atoms with Crippen LogP contribution in [0.5, 0.6) is 0 Å². The zero-order valence-corrected chi connectivity index (χ0v) is 7.69. The van der Waals surface area contributed by atoms with E-state index in [1.54, 1.807) is 0 Å². The van der Waals surface area contributed by atoms with E-state index in [-0.39, 0.29) is 13.0 Å². The summed E-state index contributed by atoms with van der Waals surface area (Å²) in [4.78, 5) is 35.0. The van der Waals surface area contributed by atoms with Crippen LogP contribution in [0.2, 0.25) is 0 Å². The third-order valence-electron chi connectivity index (χ3n) is 1.92. The Hall–Kier alpha value is -1.90. The molecule has 0 radical (unpaired) electrons. The molecule has 1 saturated heterocycles. The SMILES string of the molecule is CN1C(=O)C(=O)N(CCCC#N)C1=O. The van der Waals surface area contributed by atoms with Crippen LogP contribution in [-0.2, 0) is 9.59 Å². The van der Waals surface area contributed by atoms with Gasteiger partial charge < -0.3 is 0 Å². The van der Waals surface area contributed by atoms with Crippen molar-refractivity contribution in [3.63, 3.8) is 0 Å². The van der Waals surface area contributed by atoms with Crippen LogP contribution >= 0.6 is 0 Å². The summed E-state index contributed by atoms with van der Waals surface area (Å²) in [5.74, 6) is -1.62. The summed E-state index contributed by atoms with van der Waals surface area (Å²) in [6.45, 7) is 0.126. The Morgan fingerprint density at radius 2 is 1.93 bits per heavy atom. The van der Waals surface area contributed by atoms with Gasteiger partial charge in [-0.1, -0.05) is 0 Å². The minimum Gasteiger partial charge on any atom is -0.263 e. The van der Waals surface area contributed by atoms with Gasteiger partial charge in [-0.15, -0.1) is 0 Å². The predicted molar refractivity (Wildman–Crippen MR) is 44.7 cm³/mol. The molecule has 74 valence electrons. The lowest BCUT2D eigenvalue weighted by molar-refractivity contribution is -0.142. The summed E-state index contributed by atoms with van der Waals surface area (Å²) >= 11 is 0. The second-order valence-corrected chi connectivity index (χ2v) is 2.87. The normalized spacial score (nSPS) is 16.4. The van der Waals surface area contributed by atoms with Crippen molar-refractivity contribution in [2.45, 2.75) is 12.8 Å². The van der Waals surface area contributed by atoms with Gasteiger partial charge in [-0.25, -0.2) is 4.79 Å². The van der Waals surface area contributed by atoms with Crippen LogP contribution in [0.4, 0.5) is 4.79 Å². The first-order chi connectivity index (χ1) is 6.59. The van der Waals surface area contributed by atoms with Crippen molar-refractivity contribution in [3.05, 3.63) is 0 Å². The van der Waals surface area contributed by atoms with Gasteiger partial charge in [0.05, 0.1) is 6.07 Å². The van der Waals surface area contributed by atoms with Crippen molar-refractivity contribution in [1.82, 2.24) is 9.80 Å². The van der Waals surface area contributed by atoms with Crippen molar-refractivity contribution in [1.29, 1.82) is 5.26 Å². The first-order valence-electron chi connectivity index (χ1n) is 4.10. The number of carbonyl (C=O) groups is 3. The predicted octanol–water partition coefficient (Wildman–Crippen LogP) is -0.289. The average molecular weight is 195 g/mol. The number of nitriles is 1. The van der Waals surface area contributed by atoms with E-state index >= 15 is 0 Å². The fraction of sp³-hybridized carbons (Fsp3) is 0.500. The molecule has 0 aromatic rings. The van der Waals surface area contributed by atoms with E-state index in [0.717, 1.165) is 9.80 Å². The highest BCUT2D eigenvalue weighted by molar-refractivity contribution is 6.44. The first kappa shape index (κ1) is 10.2. The van der Waals surface area contributed by atoms with Crippen LogP contribution < -0.4 is 0 Å². The number of hydrogen-bond acceptors (Lipinski definition) is 4. The van der Waals surface area contributed by atoms with E-state index in [1.807, 2.05) is 6.07 Å². The van der Waals surface area contributed by atoms with Gasteiger partial charge >= 0.3 is 17.8 Å². The summed E-state index contributed by atoms with van der Waals surface area (Å²) in [5, 5.41) is 8.26. The van der Waals surface area contributed by atoms with Crippen molar-refractivity contribution in [3.8, 4) is 6.07 Å². The molecule has 0 unspecified atom stereocenters. The van der Waals surface area contributed by atoms with Crippen LogP contribution in [0.3, 0.4) is 0 Å². The summed E-state index contributed by atoms with van der Waals surface area (Å²) in [7, 11) is 1.26. The number of amides is 4. The van der Waals surface area contributed by atoms with Gasteiger partial charge in [0.2, 0.25) is 0 Å². The lowest BCUT2D eigenvalue weighted by Gasteiger charge is -2.10. The topological polar surface area (TPSA) is 81.5 Å². The number of urea groups is 1. The van der Waals surface area contributed by atoms with Crippen LogP contribution in [0, 0.1) is 11.3 Å². The molecule has 0 spiro atoms. The Bertz CT molecular complexity index is 331. The van der Waals surface area contributed by atoms with Crippen molar-refractivity contribution in [2.24, 2.45) is 0 Å². The molecule has 1 aliphatic rings. The zero-order valence-electron chi connectivity index (χ0n) is 7.69. The molecule has 6 heteroatoms. The Balaban J connectivity index is 2.62. The molecule has 1 rings (SSSR count). The van der Waals surface area contributed by atoms with Gasteiger partial charge in [0, 0.05) is 20.0 Å². The fourth-order valence-corrected chi connectivity index (χ4v) is 1.13. The Morgan fingerprint density at radius 3 is 2.36 bits per heavy atom. The molecule has 4 amide bonds. The van der Waals surface area contributed by atoms with E-state index in [9.17, 15) is 14.4 Å². The molecule has 0 saturated carbocycles. The summed E-state index contributed by atoms with van der Waals surface area (Å²) in [5.41, 5.74) is 0. The Kier molecular flexibility index (Phi) is 2.82. The Labute approximate surface area is 80.7 Å². The van der Waals surface area contributed by atoms with Gasteiger partial charge in [0.1, 0.15) is 0 Å². The molecule has 0 atom stereocenters. The molecule has 1 heterocycles. The van der Waals surface area contributed by atoms with E-state index < -0.39 is 17.8 Å². The summed E-state index contributed by atoms with van der Waals surface area (Å²) in [6, 6.07) is 1.28. The quantitative estimate of drug-likeness (QED) is 0.352. The highest BCUT2D eigenvalue weighted by Crippen LogP contribution is 2.10. The average Bonchev–Trinajstić information content (AvgIpc) is 2.35. The van der Waals surface area contributed by atoms with Crippen molar-refractivity contribution < 1.29 is 14.4 Å². The molecule has 0 bridgehead atoms. The maximum atomic E-state index is 11.2. The van der Waals surface area contributed by atoms with Gasteiger partial charge in [-0.05, 0) is 6.42 Å². The van der Waals surface area contributed by atoms with Crippen LogP contribution in [0.25, 0.3) is 0 Å². The van der Waals surface area contributed by atoms with Gasteiger partial charge in [-0.2, -0.15) is 5.26 Å². The monoisotopic (exact) mass is 195 g/mol. The van der Waals surface area contributed by atoms with Crippen molar-refractivity contribution >= 4 is 17.8 Å². The zero-order chi connectivity index (χ0) is 10.7. The van der Waals surface area contributed by atoms with Crippen LogP contribution in [0.15, 0.2) is 0 Å². The van der Waals surface area contributed by atoms with Gasteiger partial charge in [0.25, 0.3) is 0 Å². The number of likely N-dealkylation sites (N-methyl/N-ethyl adjacent to an activating group) is 1. The Morgan fingerprint density at radius 1 is 1.29 bits per heavy atom. The third kappa shape index (κ3) is 1.57. The second-order valence-electron chi connectivity index (χ2n) is 2.87. The molecule has 1 fully saturated rings. The molecule has 6 nitrogen and oxygen atoms in total. The minimum absolute atomic E-state index is 0.126. The second kappa shape index (κ2) is 3.87. The van der Waals surface area contributed by atoms with Crippen LogP contribution in [-0.4, -0.2) is 41.2 Å². The standard InChI is InChI=1S/C8H9N3O3/c1-10-6(12)7(13)11(8(10)14)5-3-2-4-9/h2-3,5H2,1H3. The number of unbranched alkanes of at least 4 members (excludes halogenated alkanes) is 1. The number of rotatable bonds is 3. The van der Waals surface area contributed by atoms with Crippen molar-refractivity contribution in [2.75, 3.05) is 13.6 Å². The van der Waals surface area contributed by atoms with Crippen LogP contribution in [0.1, 0.15) is 12.8 Å². The maximum Gasteiger partial charge on any atom is 0.333 e. The summed E-state index contributed by atoms with van der Waals surface area (Å²) in [6.07, 6.45) is 0.657. The van der Waals surface area contributed by atoms with E-state index in [2.05, 4.69) is 0 Å². The molecule has 14 heavy (non-hydrogen) atoms. The molecule has 0 N–H and O–H groups in total. The number of carbonyl (C=O) groups excluding carboxylic acids is 3. The largest absolute Gasteiger partial charge is 0.333 e. The van der Waals surface area contributed by atoms with E-state index in [0.29, 0.717) is 6.42 Å². The number of imide groups is 2. The smallest absolute Gasteiger partial charge is 0.263 e. The molecule has 0 aliphatic carbocycles. The summed E-state index contributed by atoms with van der Waals surface area (Å²) < 4.78 is 0. The highest BCUT2D eigenvalue weighted by atomic mass is 16.2. The number of nitrogens with zero attached hydrogens (tertiary/aromatic N) is 3. The molecule has 0 aromatic carbocycles. The number of hydrogen-bond donors (Lipinski definition) is 0. The highest BCUT2D eigenvalue weighted by Gasteiger charge is 2.41. The first-order valence-corrected chi connectivity index (χ1v) is 4.10. The van der Waals surface area contributed by atoms with E-state index in [4.69, 9.17) is 5.26 Å². The third-order valence-corrected chi connectivity index (χ3v) is 1.92. The molecular weight excluding hydrogens is 186 g/mol. The lowest BCUT2D eigenvalue weighted by atomic mass is 10.3. The molecule has 1 aliphatic heterocycles. The van der Waals surface area contributed by atoms with E-state index in [1.165, 1.54) is 7.05 Å². The molecular formula is C8H9N3O3. The minimum atomic E-state index is -0.813. The maximum absolute atomic E-state index is 11.2. The van der Waals surface area contributed by atoms with Gasteiger partial charge in [-0.3, -0.25) is 19.4 Å².